The van der Waals surface area contributed by atoms with Crippen LogP contribution in [-0.2, 0) is 0 Å². The van der Waals surface area contributed by atoms with E-state index in [-0.39, 0.29) is 5.91 Å². The molecule has 2 aromatic rings. The number of nitrogens with one attached hydrogen (secondary N) is 1. The van der Waals surface area contributed by atoms with Crippen molar-refractivity contribution in [3.8, 4) is 5.75 Å². The van der Waals surface area contributed by atoms with Gasteiger partial charge in [-0.3, -0.25) is 4.79 Å². The van der Waals surface area contributed by atoms with E-state index in [4.69, 9.17) is 4.74 Å². The van der Waals surface area contributed by atoms with Crippen molar-refractivity contribution in [1.29, 1.82) is 0 Å². The fourth-order valence-corrected chi connectivity index (χ4v) is 1.60. The molecule has 0 atom stereocenters. The lowest BCUT2D eigenvalue weighted by Gasteiger charge is -2.08. The van der Waals surface area contributed by atoms with Crippen LogP contribution < -0.4 is 10.1 Å². The number of aryl methyl sites for hydroxylation is 1. The standard InChI is InChI=1S/C11H13N3O2.C2H6/c1-7-5-13-10-4-9(16-3)8(6-14(7)10)11(15)12-2;1-2/h4-6H,1-3H3,(H,12,15);1-2H3. The van der Waals surface area contributed by atoms with Crippen molar-refractivity contribution in [2.75, 3.05) is 14.2 Å². The highest BCUT2D eigenvalue weighted by Crippen LogP contribution is 2.21. The van der Waals surface area contributed by atoms with Crippen LogP contribution in [0.5, 0.6) is 5.75 Å². The van der Waals surface area contributed by atoms with Crippen LogP contribution in [0.3, 0.4) is 0 Å². The van der Waals surface area contributed by atoms with Crippen LogP contribution in [0, 0.1) is 6.92 Å². The van der Waals surface area contributed by atoms with E-state index in [1.165, 1.54) is 7.11 Å². The number of imidazole rings is 1. The second-order valence-electron chi connectivity index (χ2n) is 3.46. The zero-order valence-electron chi connectivity index (χ0n) is 11.4. The highest BCUT2D eigenvalue weighted by atomic mass is 16.5. The minimum absolute atomic E-state index is 0.174. The molecule has 0 aromatic carbocycles. The molecule has 0 fully saturated rings. The molecule has 1 amide bonds. The first-order valence-electron chi connectivity index (χ1n) is 5.91. The lowest BCUT2D eigenvalue weighted by molar-refractivity contribution is 0.0959. The number of methoxy groups -OCH3 is 1. The fraction of sp³-hybridized carbons (Fsp3) is 0.385. The summed E-state index contributed by atoms with van der Waals surface area (Å²) in [6.07, 6.45) is 3.48. The van der Waals surface area contributed by atoms with Gasteiger partial charge in [0.1, 0.15) is 11.4 Å². The van der Waals surface area contributed by atoms with Crippen molar-refractivity contribution in [3.05, 3.63) is 29.7 Å². The Hall–Kier alpha value is -2.04. The smallest absolute Gasteiger partial charge is 0.256 e. The Morgan fingerprint density at radius 1 is 1.44 bits per heavy atom. The Morgan fingerprint density at radius 2 is 2.11 bits per heavy atom. The van der Waals surface area contributed by atoms with Crippen LogP contribution in [0.2, 0.25) is 0 Å². The molecular formula is C13H19N3O2. The van der Waals surface area contributed by atoms with Crippen molar-refractivity contribution < 1.29 is 9.53 Å². The zero-order chi connectivity index (χ0) is 13.7. The Labute approximate surface area is 107 Å². The second kappa shape index (κ2) is 6.05. The molecule has 0 aliphatic heterocycles. The average Bonchev–Trinajstić information content (AvgIpc) is 2.79. The molecule has 0 aliphatic rings. The van der Waals surface area contributed by atoms with Crippen molar-refractivity contribution in [1.82, 2.24) is 14.7 Å². The molecule has 0 radical (unpaired) electrons. The molecule has 5 nitrogen and oxygen atoms in total. The number of ether oxygens (including phenoxy) is 1. The summed E-state index contributed by atoms with van der Waals surface area (Å²) < 4.78 is 7.03. The van der Waals surface area contributed by atoms with Crippen molar-refractivity contribution in [2.45, 2.75) is 20.8 Å². The van der Waals surface area contributed by atoms with Crippen LogP contribution in [0.1, 0.15) is 29.9 Å². The Balaban J connectivity index is 0.000000771. The lowest BCUT2D eigenvalue weighted by atomic mass is 10.2. The van der Waals surface area contributed by atoms with Gasteiger partial charge in [-0.1, -0.05) is 13.8 Å². The van der Waals surface area contributed by atoms with Crippen LogP contribution >= 0.6 is 0 Å². The molecule has 5 heteroatoms. The maximum absolute atomic E-state index is 11.6. The van der Waals surface area contributed by atoms with Crippen LogP contribution in [0.15, 0.2) is 18.5 Å². The number of hydrogen-bond acceptors (Lipinski definition) is 3. The number of carbonyl (C=O) groups is 1. The summed E-state index contributed by atoms with van der Waals surface area (Å²) in [5, 5.41) is 2.58. The highest BCUT2D eigenvalue weighted by Gasteiger charge is 2.13. The normalized spacial score (nSPS) is 9.61. The lowest BCUT2D eigenvalue weighted by Crippen LogP contribution is -2.19. The third-order valence-corrected chi connectivity index (χ3v) is 2.49. The summed E-state index contributed by atoms with van der Waals surface area (Å²) in [7, 11) is 3.13. The van der Waals surface area contributed by atoms with Gasteiger partial charge in [0.05, 0.1) is 12.7 Å². The Bertz CT molecular complexity index is 546. The van der Waals surface area contributed by atoms with Gasteiger partial charge in [0.25, 0.3) is 5.91 Å². The topological polar surface area (TPSA) is 55.6 Å². The fourth-order valence-electron chi connectivity index (χ4n) is 1.60. The minimum Gasteiger partial charge on any atom is -0.496 e. The van der Waals surface area contributed by atoms with Gasteiger partial charge in [0.15, 0.2) is 0 Å². The maximum Gasteiger partial charge on any atom is 0.256 e. The molecule has 2 rings (SSSR count). The summed E-state index contributed by atoms with van der Waals surface area (Å²) in [5.74, 6) is 0.351. The van der Waals surface area contributed by atoms with E-state index in [1.54, 1.807) is 25.5 Å². The van der Waals surface area contributed by atoms with E-state index < -0.39 is 0 Å². The van der Waals surface area contributed by atoms with Gasteiger partial charge < -0.3 is 14.5 Å². The molecule has 2 heterocycles. The molecule has 0 unspecified atom stereocenters. The van der Waals surface area contributed by atoms with Gasteiger partial charge in [-0.15, -0.1) is 0 Å². The third kappa shape index (κ3) is 2.45. The summed E-state index contributed by atoms with van der Waals surface area (Å²) in [5.41, 5.74) is 2.24. The van der Waals surface area contributed by atoms with E-state index >= 15 is 0 Å². The first-order chi connectivity index (χ1) is 8.67. The first-order valence-corrected chi connectivity index (χ1v) is 5.91. The van der Waals surface area contributed by atoms with Crippen molar-refractivity contribution in [3.63, 3.8) is 0 Å². The van der Waals surface area contributed by atoms with Gasteiger partial charge in [-0.2, -0.15) is 0 Å². The van der Waals surface area contributed by atoms with Gasteiger partial charge in [0.2, 0.25) is 0 Å². The molecule has 98 valence electrons. The SMILES string of the molecule is CC.CNC(=O)c1cn2c(C)cnc2cc1OC. The molecule has 0 bridgehead atoms. The van der Waals surface area contributed by atoms with Gasteiger partial charge in [-0.25, -0.2) is 4.98 Å². The van der Waals surface area contributed by atoms with E-state index in [1.807, 2.05) is 25.2 Å². The van der Waals surface area contributed by atoms with E-state index in [0.717, 1.165) is 11.3 Å². The monoisotopic (exact) mass is 249 g/mol. The third-order valence-electron chi connectivity index (χ3n) is 2.49. The summed E-state index contributed by atoms with van der Waals surface area (Å²) in [6.45, 7) is 5.93. The van der Waals surface area contributed by atoms with Gasteiger partial charge in [0, 0.05) is 31.2 Å². The predicted octanol–water partition coefficient (Wildman–Crippen LogP) is 2.04. The molecule has 2 aromatic heterocycles. The van der Waals surface area contributed by atoms with Gasteiger partial charge >= 0.3 is 0 Å². The minimum atomic E-state index is -0.174. The molecular weight excluding hydrogens is 230 g/mol. The van der Waals surface area contributed by atoms with E-state index in [2.05, 4.69) is 10.3 Å². The quantitative estimate of drug-likeness (QED) is 0.886. The number of fused-ring (bicyclic) bond motifs is 1. The van der Waals surface area contributed by atoms with Crippen LogP contribution in [-0.4, -0.2) is 29.4 Å². The molecule has 0 spiro atoms. The number of amides is 1. The molecule has 18 heavy (non-hydrogen) atoms. The number of nitrogens with zero attached hydrogens (tertiary/aromatic N) is 2. The van der Waals surface area contributed by atoms with Crippen molar-refractivity contribution >= 4 is 11.6 Å². The van der Waals surface area contributed by atoms with Gasteiger partial charge in [-0.05, 0) is 6.92 Å². The number of rotatable bonds is 2. The molecule has 0 aliphatic carbocycles. The molecule has 0 saturated heterocycles. The molecule has 1 N–H and O–H groups in total. The Morgan fingerprint density at radius 3 is 2.67 bits per heavy atom. The summed E-state index contributed by atoms with van der Waals surface area (Å²) in [6, 6.07) is 1.75. The average molecular weight is 249 g/mol. The first kappa shape index (κ1) is 14.0. The van der Waals surface area contributed by atoms with Crippen LogP contribution in [0.4, 0.5) is 0 Å². The molecule has 0 saturated carbocycles. The number of aromatic nitrogens is 2. The summed E-state index contributed by atoms with van der Waals surface area (Å²) in [4.78, 5) is 15.8. The maximum atomic E-state index is 11.6. The number of pyridine rings is 1. The Kier molecular flexibility index (Phi) is 4.71. The zero-order valence-corrected chi connectivity index (χ0v) is 11.4. The second-order valence-corrected chi connectivity index (χ2v) is 3.46. The number of hydrogen-bond donors (Lipinski definition) is 1. The van der Waals surface area contributed by atoms with E-state index in [9.17, 15) is 4.79 Å². The predicted molar refractivity (Wildman–Crippen MR) is 71.2 cm³/mol. The van der Waals surface area contributed by atoms with E-state index in [0.29, 0.717) is 11.3 Å². The van der Waals surface area contributed by atoms with Crippen molar-refractivity contribution in [2.24, 2.45) is 0 Å². The highest BCUT2D eigenvalue weighted by molar-refractivity contribution is 5.96. The van der Waals surface area contributed by atoms with Crippen LogP contribution in [0.25, 0.3) is 5.65 Å². The largest absolute Gasteiger partial charge is 0.496 e. The summed E-state index contributed by atoms with van der Waals surface area (Å²) >= 11 is 0. The number of carbonyl (C=O) groups excluding carboxylic acids is 1.